The molecule has 6 heteroatoms. The normalized spacial score (nSPS) is 11.6. The Morgan fingerprint density at radius 2 is 2.08 bits per heavy atom. The first kappa shape index (κ1) is 10.4. The van der Waals surface area contributed by atoms with Crippen LogP contribution in [-0.2, 0) is 14.3 Å². The van der Waals surface area contributed by atoms with Crippen LogP contribution in [0.5, 0.6) is 0 Å². The molecule has 0 amide bonds. The average Bonchev–Trinajstić information content (AvgIpc) is 2.03. The van der Waals surface area contributed by atoms with Crippen LogP contribution in [0.1, 0.15) is 0 Å². The standard InChI is InChI=1S/C7H5ClFO3S/c1-12-13(10,11)7-5(8)3-2-4-6(7)9/h2-4H,1H2. The highest BCUT2D eigenvalue weighted by molar-refractivity contribution is 7.87. The number of hydrogen-bond acceptors (Lipinski definition) is 3. The van der Waals surface area contributed by atoms with E-state index in [1.165, 1.54) is 12.1 Å². The van der Waals surface area contributed by atoms with Crippen LogP contribution in [0.3, 0.4) is 0 Å². The van der Waals surface area contributed by atoms with Gasteiger partial charge in [-0.3, -0.25) is 4.18 Å². The predicted molar refractivity (Wildman–Crippen MR) is 45.0 cm³/mol. The van der Waals surface area contributed by atoms with E-state index in [1.807, 2.05) is 0 Å². The summed E-state index contributed by atoms with van der Waals surface area (Å²) in [6.45, 7) is 0. The Morgan fingerprint density at radius 3 is 2.54 bits per heavy atom. The van der Waals surface area contributed by atoms with Gasteiger partial charge < -0.3 is 0 Å². The minimum absolute atomic E-state index is 0.233. The van der Waals surface area contributed by atoms with Gasteiger partial charge in [-0.2, -0.15) is 8.42 Å². The number of halogens is 2. The van der Waals surface area contributed by atoms with Crippen molar-refractivity contribution < 1.29 is 17.0 Å². The van der Waals surface area contributed by atoms with Crippen LogP contribution >= 0.6 is 11.6 Å². The highest BCUT2D eigenvalue weighted by Gasteiger charge is 2.21. The molecule has 0 aromatic heterocycles. The molecule has 0 fully saturated rings. The van der Waals surface area contributed by atoms with Crippen LogP contribution in [0.25, 0.3) is 0 Å². The van der Waals surface area contributed by atoms with Gasteiger partial charge in [0.05, 0.1) is 12.1 Å². The maximum atomic E-state index is 13.0. The van der Waals surface area contributed by atoms with Crippen molar-refractivity contribution in [3.05, 3.63) is 36.1 Å². The molecule has 0 saturated carbocycles. The molecule has 0 aliphatic carbocycles. The largest absolute Gasteiger partial charge is 0.301 e. The topological polar surface area (TPSA) is 43.4 Å². The average molecular weight is 224 g/mol. The van der Waals surface area contributed by atoms with E-state index in [2.05, 4.69) is 11.3 Å². The van der Waals surface area contributed by atoms with Gasteiger partial charge in [0.15, 0.2) is 0 Å². The summed E-state index contributed by atoms with van der Waals surface area (Å²) in [5, 5.41) is -0.233. The quantitative estimate of drug-likeness (QED) is 0.720. The molecule has 0 heterocycles. The van der Waals surface area contributed by atoms with E-state index in [0.29, 0.717) is 0 Å². The third kappa shape index (κ3) is 1.99. The van der Waals surface area contributed by atoms with E-state index in [9.17, 15) is 12.8 Å². The second-order valence-corrected chi connectivity index (χ2v) is 4.08. The molecule has 0 atom stereocenters. The van der Waals surface area contributed by atoms with Gasteiger partial charge in [0.2, 0.25) is 0 Å². The van der Waals surface area contributed by atoms with E-state index in [0.717, 1.165) is 6.07 Å². The molecule has 3 nitrogen and oxygen atoms in total. The predicted octanol–water partition coefficient (Wildman–Crippen LogP) is 1.98. The SMILES string of the molecule is [CH2]OS(=O)(=O)c1c(F)cccc1Cl. The Labute approximate surface area is 80.2 Å². The minimum Gasteiger partial charge on any atom is -0.264 e. The lowest BCUT2D eigenvalue weighted by Gasteiger charge is -2.03. The number of rotatable bonds is 2. The molecule has 0 aliphatic heterocycles. The van der Waals surface area contributed by atoms with E-state index in [4.69, 9.17) is 11.6 Å². The highest BCUT2D eigenvalue weighted by Crippen LogP contribution is 2.25. The molecule has 0 bridgehead atoms. The van der Waals surface area contributed by atoms with E-state index >= 15 is 0 Å². The fourth-order valence-corrected chi connectivity index (χ4v) is 1.96. The molecular weight excluding hydrogens is 219 g/mol. The zero-order valence-electron chi connectivity index (χ0n) is 6.33. The zero-order chi connectivity index (χ0) is 10.1. The molecule has 0 N–H and O–H groups in total. The third-order valence-corrected chi connectivity index (χ3v) is 2.98. The van der Waals surface area contributed by atoms with Crippen LogP contribution < -0.4 is 0 Å². The van der Waals surface area contributed by atoms with Crippen molar-refractivity contribution in [1.82, 2.24) is 0 Å². The molecule has 1 aromatic rings. The van der Waals surface area contributed by atoms with E-state index in [-0.39, 0.29) is 5.02 Å². The smallest absolute Gasteiger partial charge is 0.264 e. The van der Waals surface area contributed by atoms with Crippen LogP contribution in [-0.4, -0.2) is 8.42 Å². The molecule has 1 aromatic carbocycles. The summed E-state index contributed by atoms with van der Waals surface area (Å²) in [6.07, 6.45) is 0. The Kier molecular flexibility index (Phi) is 2.90. The summed E-state index contributed by atoms with van der Waals surface area (Å²) in [6, 6.07) is 3.51. The zero-order valence-corrected chi connectivity index (χ0v) is 7.90. The fraction of sp³-hybridized carbons (Fsp3) is 0. The lowest BCUT2D eigenvalue weighted by atomic mass is 10.3. The summed E-state index contributed by atoms with van der Waals surface area (Å²) in [4.78, 5) is -0.688. The molecule has 0 aliphatic rings. The highest BCUT2D eigenvalue weighted by atomic mass is 35.5. The maximum absolute atomic E-state index is 13.0. The van der Waals surface area contributed by atoms with Crippen molar-refractivity contribution in [1.29, 1.82) is 0 Å². The van der Waals surface area contributed by atoms with Gasteiger partial charge in [-0.25, -0.2) is 4.39 Å². The summed E-state index contributed by atoms with van der Waals surface area (Å²) in [7, 11) is -1.47. The fourth-order valence-electron chi connectivity index (χ4n) is 0.780. The first-order chi connectivity index (χ1) is 5.99. The van der Waals surface area contributed by atoms with Crippen LogP contribution in [0.4, 0.5) is 4.39 Å². The molecule has 71 valence electrons. The van der Waals surface area contributed by atoms with Crippen molar-refractivity contribution >= 4 is 21.7 Å². The van der Waals surface area contributed by atoms with Gasteiger partial charge >= 0.3 is 10.1 Å². The van der Waals surface area contributed by atoms with Crippen LogP contribution in [0.2, 0.25) is 5.02 Å². The summed E-state index contributed by atoms with van der Waals surface area (Å²) >= 11 is 5.47. The molecule has 1 radical (unpaired) electrons. The van der Waals surface area contributed by atoms with Crippen LogP contribution in [0.15, 0.2) is 23.1 Å². The van der Waals surface area contributed by atoms with Crippen molar-refractivity contribution in [2.75, 3.05) is 0 Å². The van der Waals surface area contributed by atoms with Crippen molar-refractivity contribution in [2.45, 2.75) is 4.90 Å². The summed E-state index contributed by atoms with van der Waals surface area (Å²) < 4.78 is 38.9. The Bertz CT molecular complexity index is 395. The van der Waals surface area contributed by atoms with E-state index < -0.39 is 20.8 Å². The molecule has 1 rings (SSSR count). The van der Waals surface area contributed by atoms with E-state index in [1.54, 1.807) is 0 Å². The van der Waals surface area contributed by atoms with Gasteiger partial charge in [-0.05, 0) is 12.1 Å². The maximum Gasteiger partial charge on any atom is 0.301 e. The lowest BCUT2D eigenvalue weighted by Crippen LogP contribution is -2.05. The van der Waals surface area contributed by atoms with Gasteiger partial charge in [0.1, 0.15) is 10.7 Å². The van der Waals surface area contributed by atoms with Gasteiger partial charge in [0.25, 0.3) is 0 Å². The van der Waals surface area contributed by atoms with Gasteiger partial charge in [-0.15, -0.1) is 0 Å². The molecule has 0 spiro atoms. The molecule has 13 heavy (non-hydrogen) atoms. The Balaban J connectivity index is 3.46. The Morgan fingerprint density at radius 1 is 1.46 bits per heavy atom. The summed E-state index contributed by atoms with van der Waals surface area (Å²) in [5.74, 6) is -0.962. The minimum atomic E-state index is -4.18. The lowest BCUT2D eigenvalue weighted by molar-refractivity contribution is 0.432. The summed E-state index contributed by atoms with van der Waals surface area (Å²) in [5.41, 5.74) is 0. The van der Waals surface area contributed by atoms with Crippen molar-refractivity contribution in [3.8, 4) is 0 Å². The van der Waals surface area contributed by atoms with Crippen molar-refractivity contribution in [3.63, 3.8) is 0 Å². The van der Waals surface area contributed by atoms with Gasteiger partial charge in [0, 0.05) is 0 Å². The molecular formula is C7H5ClFO3S. The number of benzene rings is 1. The molecule has 0 saturated heterocycles. The first-order valence-electron chi connectivity index (χ1n) is 3.11. The monoisotopic (exact) mass is 223 g/mol. The third-order valence-electron chi connectivity index (χ3n) is 1.32. The second-order valence-electron chi connectivity index (χ2n) is 2.12. The second kappa shape index (κ2) is 3.61. The van der Waals surface area contributed by atoms with Gasteiger partial charge in [-0.1, -0.05) is 17.7 Å². The van der Waals surface area contributed by atoms with Crippen molar-refractivity contribution in [2.24, 2.45) is 0 Å². The van der Waals surface area contributed by atoms with Crippen LogP contribution in [0, 0.1) is 12.9 Å². The number of hydrogen-bond donors (Lipinski definition) is 0. The molecule has 0 unspecified atom stereocenters. The Hall–Kier alpha value is -0.650. The first-order valence-corrected chi connectivity index (χ1v) is 4.90.